The molecule has 0 radical (unpaired) electrons. The van der Waals surface area contributed by atoms with E-state index >= 15 is 0 Å². The number of piperidine rings is 1. The Kier molecular flexibility index (Phi) is 5.73. The molecule has 3 aliphatic rings. The molecule has 3 heterocycles. The van der Waals surface area contributed by atoms with Crippen LogP contribution in [0.25, 0.3) is 0 Å². The molecule has 0 aromatic heterocycles. The van der Waals surface area contributed by atoms with Gasteiger partial charge in [-0.2, -0.15) is 0 Å². The second kappa shape index (κ2) is 8.41. The number of carbonyl (C=O) groups is 3. The summed E-state index contributed by atoms with van der Waals surface area (Å²) >= 11 is 0. The summed E-state index contributed by atoms with van der Waals surface area (Å²) in [5, 5.41) is 9.43. The van der Waals surface area contributed by atoms with Crippen molar-refractivity contribution in [3.63, 3.8) is 0 Å². The SMILES string of the molecule is O=C1CCC(N2Cc3ccc(CNC4CCCCNCC4)cc3C2=O)C(=O)N1. The molecule has 7 nitrogen and oxygen atoms in total. The Labute approximate surface area is 165 Å². The van der Waals surface area contributed by atoms with Crippen molar-refractivity contribution in [1.29, 1.82) is 0 Å². The van der Waals surface area contributed by atoms with Gasteiger partial charge in [-0.25, -0.2) is 0 Å². The van der Waals surface area contributed by atoms with E-state index in [1.807, 2.05) is 12.1 Å². The van der Waals surface area contributed by atoms with Crippen LogP contribution in [0.4, 0.5) is 0 Å². The molecule has 0 bridgehead atoms. The van der Waals surface area contributed by atoms with Crippen LogP contribution in [0.1, 0.15) is 60.0 Å². The van der Waals surface area contributed by atoms with Gasteiger partial charge < -0.3 is 15.5 Å². The Hall–Kier alpha value is -2.25. The maximum absolute atomic E-state index is 12.9. The monoisotopic (exact) mass is 384 g/mol. The molecule has 0 saturated carbocycles. The van der Waals surface area contributed by atoms with Gasteiger partial charge in [0.2, 0.25) is 11.8 Å². The zero-order valence-corrected chi connectivity index (χ0v) is 16.1. The summed E-state index contributed by atoms with van der Waals surface area (Å²) in [4.78, 5) is 38.0. The number of hydrogen-bond donors (Lipinski definition) is 3. The van der Waals surface area contributed by atoms with Gasteiger partial charge in [0.05, 0.1) is 0 Å². The van der Waals surface area contributed by atoms with Crippen LogP contribution in [0.15, 0.2) is 18.2 Å². The van der Waals surface area contributed by atoms with Crippen molar-refractivity contribution in [2.45, 2.75) is 63.7 Å². The van der Waals surface area contributed by atoms with Crippen molar-refractivity contribution < 1.29 is 14.4 Å². The molecule has 1 aromatic carbocycles. The Morgan fingerprint density at radius 1 is 1.07 bits per heavy atom. The van der Waals surface area contributed by atoms with Crippen molar-refractivity contribution in [2.24, 2.45) is 0 Å². The van der Waals surface area contributed by atoms with Crippen LogP contribution in [0.5, 0.6) is 0 Å². The second-order valence-corrected chi connectivity index (χ2v) is 8.00. The highest BCUT2D eigenvalue weighted by Crippen LogP contribution is 2.28. The smallest absolute Gasteiger partial charge is 0.255 e. The Morgan fingerprint density at radius 2 is 1.96 bits per heavy atom. The molecular formula is C21H28N4O3. The van der Waals surface area contributed by atoms with Crippen LogP contribution < -0.4 is 16.0 Å². The van der Waals surface area contributed by atoms with Gasteiger partial charge in [-0.05, 0) is 56.0 Å². The third-order valence-corrected chi connectivity index (χ3v) is 6.01. The van der Waals surface area contributed by atoms with E-state index in [0.717, 1.165) is 37.2 Å². The van der Waals surface area contributed by atoms with Gasteiger partial charge in [0, 0.05) is 31.1 Å². The van der Waals surface area contributed by atoms with E-state index in [2.05, 4.69) is 22.0 Å². The number of fused-ring (bicyclic) bond motifs is 1. The fourth-order valence-corrected chi connectivity index (χ4v) is 4.36. The van der Waals surface area contributed by atoms with Gasteiger partial charge in [0.25, 0.3) is 5.91 Å². The van der Waals surface area contributed by atoms with Crippen LogP contribution in [0.3, 0.4) is 0 Å². The predicted octanol–water partition coefficient (Wildman–Crippen LogP) is 1.07. The first kappa shape index (κ1) is 19.1. The van der Waals surface area contributed by atoms with Gasteiger partial charge >= 0.3 is 0 Å². The number of nitrogens with zero attached hydrogens (tertiary/aromatic N) is 1. The lowest BCUT2D eigenvalue weighted by atomic mass is 10.0. The number of benzene rings is 1. The highest BCUT2D eigenvalue weighted by atomic mass is 16.2. The molecule has 0 spiro atoms. The Morgan fingerprint density at radius 3 is 2.82 bits per heavy atom. The van der Waals surface area contributed by atoms with E-state index in [0.29, 0.717) is 24.6 Å². The zero-order valence-electron chi connectivity index (χ0n) is 16.1. The zero-order chi connectivity index (χ0) is 19.5. The van der Waals surface area contributed by atoms with Crippen LogP contribution >= 0.6 is 0 Å². The van der Waals surface area contributed by atoms with E-state index in [1.165, 1.54) is 19.3 Å². The van der Waals surface area contributed by atoms with Crippen LogP contribution in [-0.2, 0) is 22.7 Å². The number of imide groups is 1. The average Bonchev–Trinajstić information content (AvgIpc) is 2.97. The van der Waals surface area contributed by atoms with E-state index in [-0.39, 0.29) is 24.1 Å². The summed E-state index contributed by atoms with van der Waals surface area (Å²) in [7, 11) is 0. The molecule has 7 heteroatoms. The Bertz CT molecular complexity index is 771. The lowest BCUT2D eigenvalue weighted by molar-refractivity contribution is -0.136. The number of amides is 3. The molecule has 0 aliphatic carbocycles. The van der Waals surface area contributed by atoms with E-state index < -0.39 is 6.04 Å². The van der Waals surface area contributed by atoms with Crippen molar-refractivity contribution in [3.8, 4) is 0 Å². The maximum Gasteiger partial charge on any atom is 0.255 e. The molecule has 2 fully saturated rings. The third kappa shape index (κ3) is 4.10. The normalized spacial score (nSPS) is 25.9. The van der Waals surface area contributed by atoms with Crippen molar-refractivity contribution in [2.75, 3.05) is 13.1 Å². The maximum atomic E-state index is 12.9. The standard InChI is InChI=1S/C21H28N4O3/c26-19-7-6-18(20(27)24-19)25-13-15-5-4-14(11-17(15)21(25)28)12-23-16-3-1-2-9-22-10-8-16/h4-5,11,16,18,22-23H,1-3,6-10,12-13H2,(H,24,26,27). The molecule has 1 aromatic rings. The molecule has 3 aliphatic heterocycles. The molecule has 4 rings (SSSR count). The van der Waals surface area contributed by atoms with Crippen LogP contribution in [0.2, 0.25) is 0 Å². The molecule has 3 amide bonds. The van der Waals surface area contributed by atoms with E-state index in [1.54, 1.807) is 4.90 Å². The average molecular weight is 384 g/mol. The van der Waals surface area contributed by atoms with Gasteiger partial charge in [0.15, 0.2) is 0 Å². The van der Waals surface area contributed by atoms with Crippen LogP contribution in [-0.4, -0.2) is 47.8 Å². The van der Waals surface area contributed by atoms with Gasteiger partial charge in [-0.15, -0.1) is 0 Å². The predicted molar refractivity (Wildman–Crippen MR) is 104 cm³/mol. The van der Waals surface area contributed by atoms with Crippen molar-refractivity contribution >= 4 is 17.7 Å². The molecule has 28 heavy (non-hydrogen) atoms. The number of carbonyl (C=O) groups excluding carboxylic acids is 3. The van der Waals surface area contributed by atoms with Gasteiger partial charge in [-0.3, -0.25) is 19.7 Å². The highest BCUT2D eigenvalue weighted by molar-refractivity contribution is 6.05. The molecular weight excluding hydrogens is 356 g/mol. The largest absolute Gasteiger partial charge is 0.322 e. The topological polar surface area (TPSA) is 90.5 Å². The minimum atomic E-state index is -0.554. The fraction of sp³-hybridized carbons (Fsp3) is 0.571. The Balaban J connectivity index is 1.40. The summed E-state index contributed by atoms with van der Waals surface area (Å²) < 4.78 is 0. The number of rotatable bonds is 4. The summed E-state index contributed by atoms with van der Waals surface area (Å²) in [6.07, 6.45) is 5.44. The van der Waals surface area contributed by atoms with Crippen molar-refractivity contribution in [1.82, 2.24) is 20.9 Å². The summed E-state index contributed by atoms with van der Waals surface area (Å²) in [5.74, 6) is -0.734. The molecule has 150 valence electrons. The minimum absolute atomic E-state index is 0.110. The number of hydrogen-bond acceptors (Lipinski definition) is 5. The third-order valence-electron chi connectivity index (χ3n) is 6.01. The van der Waals surface area contributed by atoms with Crippen LogP contribution in [0, 0.1) is 0 Å². The lowest BCUT2D eigenvalue weighted by Gasteiger charge is -2.29. The first-order valence-electron chi connectivity index (χ1n) is 10.3. The number of nitrogens with one attached hydrogen (secondary N) is 3. The van der Waals surface area contributed by atoms with Gasteiger partial charge in [0.1, 0.15) is 6.04 Å². The molecule has 2 unspecified atom stereocenters. The summed E-state index contributed by atoms with van der Waals surface area (Å²) in [6.45, 7) is 3.33. The lowest BCUT2D eigenvalue weighted by Crippen LogP contribution is -2.52. The molecule has 2 saturated heterocycles. The quantitative estimate of drug-likeness (QED) is 0.676. The molecule has 2 atom stereocenters. The van der Waals surface area contributed by atoms with E-state index in [4.69, 9.17) is 0 Å². The highest BCUT2D eigenvalue weighted by Gasteiger charge is 2.39. The van der Waals surface area contributed by atoms with E-state index in [9.17, 15) is 14.4 Å². The first-order valence-corrected chi connectivity index (χ1v) is 10.3. The molecule has 3 N–H and O–H groups in total. The second-order valence-electron chi connectivity index (χ2n) is 8.00. The van der Waals surface area contributed by atoms with Crippen molar-refractivity contribution in [3.05, 3.63) is 34.9 Å². The first-order chi connectivity index (χ1) is 13.6. The summed E-state index contributed by atoms with van der Waals surface area (Å²) in [5.41, 5.74) is 2.73. The summed E-state index contributed by atoms with van der Waals surface area (Å²) in [6, 6.07) is 5.96. The van der Waals surface area contributed by atoms with Gasteiger partial charge in [-0.1, -0.05) is 18.6 Å². The fourth-order valence-electron chi connectivity index (χ4n) is 4.36. The minimum Gasteiger partial charge on any atom is -0.322 e.